The Balaban J connectivity index is 1.66. The number of nitrogens with one attached hydrogen (secondary N) is 1. The zero-order chi connectivity index (χ0) is 17.3. The first-order valence-corrected chi connectivity index (χ1v) is 8.65. The number of benzene rings is 1. The van der Waals surface area contributed by atoms with E-state index in [1.165, 1.54) is 6.07 Å². The number of hydrogen-bond donors (Lipinski definition) is 2. The van der Waals surface area contributed by atoms with Crippen molar-refractivity contribution >= 4 is 11.6 Å². The summed E-state index contributed by atoms with van der Waals surface area (Å²) in [5.41, 5.74) is 0.0942. The smallest absolute Gasteiger partial charge is 0.252 e. The molecular weight excluding hydrogens is 309 g/mol. The molecule has 3 rings (SSSR count). The summed E-state index contributed by atoms with van der Waals surface area (Å²) in [7, 11) is 2.07. The van der Waals surface area contributed by atoms with Gasteiger partial charge in [-0.2, -0.15) is 0 Å². The maximum absolute atomic E-state index is 14.5. The van der Waals surface area contributed by atoms with Gasteiger partial charge in [-0.1, -0.05) is 6.07 Å². The number of halogens is 1. The van der Waals surface area contributed by atoms with Crippen LogP contribution in [0.15, 0.2) is 18.2 Å². The van der Waals surface area contributed by atoms with Crippen LogP contribution in [-0.4, -0.2) is 54.7 Å². The van der Waals surface area contributed by atoms with Crippen molar-refractivity contribution in [1.82, 2.24) is 10.2 Å². The first-order valence-electron chi connectivity index (χ1n) is 8.65. The number of rotatable bonds is 4. The van der Waals surface area contributed by atoms with Crippen LogP contribution in [0.2, 0.25) is 0 Å². The fraction of sp³-hybridized carbons (Fsp3) is 0.611. The number of hydrogen-bond acceptors (Lipinski definition) is 4. The summed E-state index contributed by atoms with van der Waals surface area (Å²) in [4.78, 5) is 16.4. The Morgan fingerprint density at radius 1 is 1.29 bits per heavy atom. The van der Waals surface area contributed by atoms with Gasteiger partial charge in [0.15, 0.2) is 0 Å². The maximum Gasteiger partial charge on any atom is 0.252 e. The number of piperazine rings is 1. The van der Waals surface area contributed by atoms with Gasteiger partial charge in [-0.25, -0.2) is 4.39 Å². The van der Waals surface area contributed by atoms with E-state index < -0.39 is 5.60 Å². The van der Waals surface area contributed by atoms with E-state index in [1.54, 1.807) is 6.07 Å². The zero-order valence-electron chi connectivity index (χ0n) is 14.4. The van der Waals surface area contributed by atoms with Crippen LogP contribution in [0.25, 0.3) is 0 Å². The summed E-state index contributed by atoms with van der Waals surface area (Å²) in [6.45, 7) is 5.28. The number of amides is 1. The van der Waals surface area contributed by atoms with Gasteiger partial charge in [-0.15, -0.1) is 0 Å². The van der Waals surface area contributed by atoms with Crippen LogP contribution >= 0.6 is 0 Å². The molecule has 1 heterocycles. The van der Waals surface area contributed by atoms with E-state index in [-0.39, 0.29) is 17.8 Å². The molecule has 1 saturated heterocycles. The van der Waals surface area contributed by atoms with Gasteiger partial charge in [0.25, 0.3) is 5.91 Å². The van der Waals surface area contributed by atoms with E-state index in [1.807, 2.05) is 13.0 Å². The molecule has 1 aromatic rings. The van der Waals surface area contributed by atoms with Crippen molar-refractivity contribution in [3.8, 4) is 0 Å². The fourth-order valence-corrected chi connectivity index (χ4v) is 3.25. The number of anilines is 1. The minimum absolute atomic E-state index is 0.263. The predicted molar refractivity (Wildman–Crippen MR) is 91.5 cm³/mol. The molecule has 0 radical (unpaired) electrons. The number of nitrogens with zero attached hydrogens (tertiary/aromatic N) is 2. The zero-order valence-corrected chi connectivity index (χ0v) is 14.4. The molecule has 2 aliphatic rings. The summed E-state index contributed by atoms with van der Waals surface area (Å²) in [6.07, 6.45) is 1.87. The number of carbonyl (C=O) groups excluding carboxylic acids is 1. The standard InChI is InChI=1S/C18H26FN3O2/c1-13(20-17(23)18(24)6-3-7-18)14-4-5-16(15(19)12-14)22-10-8-21(2)9-11-22/h4-5,12-13,24H,3,6-11H2,1-2H3,(H,20,23)/t13-/m1/s1. The maximum atomic E-state index is 14.5. The molecule has 5 nitrogen and oxygen atoms in total. The quantitative estimate of drug-likeness (QED) is 0.879. The molecule has 2 fully saturated rings. The second kappa shape index (κ2) is 6.69. The number of carbonyl (C=O) groups is 1. The summed E-state index contributed by atoms with van der Waals surface area (Å²) >= 11 is 0. The average Bonchev–Trinajstić information content (AvgIpc) is 2.53. The second-order valence-corrected chi connectivity index (χ2v) is 7.08. The molecule has 1 amide bonds. The van der Waals surface area contributed by atoms with Crippen LogP contribution in [0, 0.1) is 5.82 Å². The van der Waals surface area contributed by atoms with Crippen LogP contribution in [0.4, 0.5) is 10.1 Å². The largest absolute Gasteiger partial charge is 0.380 e. The minimum Gasteiger partial charge on any atom is -0.380 e. The Morgan fingerprint density at radius 2 is 1.96 bits per heavy atom. The molecule has 0 unspecified atom stereocenters. The van der Waals surface area contributed by atoms with Gasteiger partial charge in [-0.3, -0.25) is 4.79 Å². The van der Waals surface area contributed by atoms with Crippen molar-refractivity contribution in [3.63, 3.8) is 0 Å². The van der Waals surface area contributed by atoms with E-state index in [0.29, 0.717) is 24.1 Å². The lowest BCUT2D eigenvalue weighted by molar-refractivity contribution is -0.149. The Bertz CT molecular complexity index is 610. The van der Waals surface area contributed by atoms with Gasteiger partial charge in [0.05, 0.1) is 11.7 Å². The van der Waals surface area contributed by atoms with Gasteiger partial charge in [0, 0.05) is 26.2 Å². The molecule has 24 heavy (non-hydrogen) atoms. The molecule has 1 saturated carbocycles. The van der Waals surface area contributed by atoms with Crippen LogP contribution in [0.3, 0.4) is 0 Å². The van der Waals surface area contributed by atoms with Crippen LogP contribution in [0.1, 0.15) is 37.8 Å². The van der Waals surface area contributed by atoms with Gasteiger partial charge in [-0.05, 0) is 50.9 Å². The van der Waals surface area contributed by atoms with Gasteiger partial charge < -0.3 is 20.2 Å². The fourth-order valence-electron chi connectivity index (χ4n) is 3.25. The first kappa shape index (κ1) is 17.2. The van der Waals surface area contributed by atoms with Crippen molar-refractivity contribution in [1.29, 1.82) is 0 Å². The highest BCUT2D eigenvalue weighted by Gasteiger charge is 2.42. The van der Waals surface area contributed by atoms with Crippen molar-refractivity contribution in [3.05, 3.63) is 29.6 Å². The van der Waals surface area contributed by atoms with Crippen LogP contribution < -0.4 is 10.2 Å². The Labute approximate surface area is 142 Å². The third kappa shape index (κ3) is 3.39. The molecule has 6 heteroatoms. The highest BCUT2D eigenvalue weighted by molar-refractivity contribution is 5.86. The third-order valence-corrected chi connectivity index (χ3v) is 5.27. The lowest BCUT2D eigenvalue weighted by atomic mass is 9.79. The summed E-state index contributed by atoms with van der Waals surface area (Å²) in [5.74, 6) is -0.620. The number of aliphatic hydroxyl groups is 1. The van der Waals surface area contributed by atoms with E-state index >= 15 is 0 Å². The van der Waals surface area contributed by atoms with E-state index in [0.717, 1.165) is 32.6 Å². The lowest BCUT2D eigenvalue weighted by Gasteiger charge is -2.36. The highest BCUT2D eigenvalue weighted by Crippen LogP contribution is 2.32. The predicted octanol–water partition coefficient (Wildman–Crippen LogP) is 1.67. The van der Waals surface area contributed by atoms with Crippen molar-refractivity contribution in [2.45, 2.75) is 37.8 Å². The minimum atomic E-state index is -1.23. The van der Waals surface area contributed by atoms with Crippen molar-refractivity contribution in [2.75, 3.05) is 38.1 Å². The summed E-state index contributed by atoms with van der Waals surface area (Å²) < 4.78 is 14.5. The molecule has 1 aliphatic heterocycles. The monoisotopic (exact) mass is 335 g/mol. The molecule has 1 aromatic carbocycles. The molecule has 2 N–H and O–H groups in total. The van der Waals surface area contributed by atoms with Crippen molar-refractivity contribution < 1.29 is 14.3 Å². The molecular formula is C18H26FN3O2. The molecule has 0 spiro atoms. The second-order valence-electron chi connectivity index (χ2n) is 7.08. The van der Waals surface area contributed by atoms with Gasteiger partial charge >= 0.3 is 0 Å². The molecule has 0 aromatic heterocycles. The van der Waals surface area contributed by atoms with Gasteiger partial charge in [0.2, 0.25) is 0 Å². The molecule has 0 bridgehead atoms. The Kier molecular flexibility index (Phi) is 4.78. The molecule has 1 aliphatic carbocycles. The third-order valence-electron chi connectivity index (χ3n) is 5.27. The number of likely N-dealkylation sites (N-methyl/N-ethyl adjacent to an activating group) is 1. The Hall–Kier alpha value is -1.66. The van der Waals surface area contributed by atoms with Gasteiger partial charge in [0.1, 0.15) is 11.4 Å². The topological polar surface area (TPSA) is 55.8 Å². The first-order chi connectivity index (χ1) is 11.4. The summed E-state index contributed by atoms with van der Waals surface area (Å²) in [5, 5.41) is 12.9. The van der Waals surface area contributed by atoms with E-state index in [4.69, 9.17) is 0 Å². The highest BCUT2D eigenvalue weighted by atomic mass is 19.1. The van der Waals surface area contributed by atoms with E-state index in [9.17, 15) is 14.3 Å². The Morgan fingerprint density at radius 3 is 2.50 bits per heavy atom. The normalized spacial score (nSPS) is 21.9. The van der Waals surface area contributed by atoms with Crippen LogP contribution in [0.5, 0.6) is 0 Å². The van der Waals surface area contributed by atoms with Crippen molar-refractivity contribution in [2.24, 2.45) is 0 Å². The van der Waals surface area contributed by atoms with E-state index in [2.05, 4.69) is 22.2 Å². The molecule has 1 atom stereocenters. The lowest BCUT2D eigenvalue weighted by Crippen LogP contribution is -2.52. The van der Waals surface area contributed by atoms with Crippen LogP contribution in [-0.2, 0) is 4.79 Å². The summed E-state index contributed by atoms with van der Waals surface area (Å²) in [6, 6.07) is 4.80. The molecule has 132 valence electrons. The average molecular weight is 335 g/mol. The SMILES string of the molecule is C[C@@H](NC(=O)C1(O)CCC1)c1ccc(N2CCN(C)CC2)c(F)c1.